The Hall–Kier alpha value is -2.17. The molecule has 2 aliphatic heterocycles. The van der Waals surface area contributed by atoms with Gasteiger partial charge in [0, 0.05) is 13.0 Å². The third kappa shape index (κ3) is 1.87. The van der Waals surface area contributed by atoms with Gasteiger partial charge in [-0.25, -0.2) is 0 Å². The molecule has 0 bridgehead atoms. The van der Waals surface area contributed by atoms with Crippen LogP contribution in [0.5, 0.6) is 0 Å². The smallest absolute Gasteiger partial charge is 0.246 e. The van der Waals surface area contributed by atoms with Gasteiger partial charge in [0.1, 0.15) is 11.9 Å². The first-order chi connectivity index (χ1) is 10.3. The van der Waals surface area contributed by atoms with E-state index in [1.807, 2.05) is 30.0 Å². The van der Waals surface area contributed by atoms with Crippen LogP contribution in [0.4, 0.5) is 0 Å². The van der Waals surface area contributed by atoms with E-state index in [0.29, 0.717) is 0 Å². The summed E-state index contributed by atoms with van der Waals surface area (Å²) in [5.74, 6) is 2.06. The summed E-state index contributed by atoms with van der Waals surface area (Å²) in [6.45, 7) is 2.81. The summed E-state index contributed by atoms with van der Waals surface area (Å²) in [6, 6.07) is 10.2. The first-order valence-electron chi connectivity index (χ1n) is 7.54. The van der Waals surface area contributed by atoms with E-state index in [2.05, 4.69) is 26.9 Å². The van der Waals surface area contributed by atoms with Gasteiger partial charge in [0.15, 0.2) is 5.82 Å². The standard InChI is InChI=1S/C16H18N4O/c1-11-16(21)19-9-5-8-13(19)15-18-17-14(20(11)15)10-12-6-3-2-4-7-12/h2-4,6-7,11,13H,5,8-10H2,1H3/t11-,13+/m1/s1. The Balaban J connectivity index is 1.74. The molecule has 4 rings (SSSR count). The van der Waals surface area contributed by atoms with E-state index in [4.69, 9.17) is 0 Å². The van der Waals surface area contributed by atoms with Crippen molar-refractivity contribution in [2.45, 2.75) is 38.3 Å². The minimum atomic E-state index is -0.192. The Kier molecular flexibility index (Phi) is 2.80. The molecule has 1 amide bonds. The average Bonchev–Trinajstić information content (AvgIpc) is 3.12. The van der Waals surface area contributed by atoms with Crippen molar-refractivity contribution >= 4 is 5.91 Å². The Morgan fingerprint density at radius 3 is 2.86 bits per heavy atom. The van der Waals surface area contributed by atoms with Crippen molar-refractivity contribution in [1.82, 2.24) is 19.7 Å². The summed E-state index contributed by atoms with van der Waals surface area (Å²) in [5, 5.41) is 8.77. The predicted molar refractivity (Wildman–Crippen MR) is 77.7 cm³/mol. The molecule has 2 aliphatic rings. The maximum atomic E-state index is 12.5. The third-order valence-corrected chi connectivity index (χ3v) is 4.58. The zero-order chi connectivity index (χ0) is 14.4. The van der Waals surface area contributed by atoms with Crippen LogP contribution in [-0.4, -0.2) is 32.1 Å². The molecule has 0 unspecified atom stereocenters. The van der Waals surface area contributed by atoms with Gasteiger partial charge in [0.25, 0.3) is 0 Å². The van der Waals surface area contributed by atoms with Crippen LogP contribution in [0, 0.1) is 0 Å². The molecule has 0 radical (unpaired) electrons. The molecule has 0 aliphatic carbocycles. The van der Waals surface area contributed by atoms with E-state index >= 15 is 0 Å². The molecule has 1 saturated heterocycles. The molecule has 21 heavy (non-hydrogen) atoms. The monoisotopic (exact) mass is 282 g/mol. The molecule has 1 fully saturated rings. The summed E-state index contributed by atoms with van der Waals surface area (Å²) in [6.07, 6.45) is 2.78. The molecule has 1 aromatic heterocycles. The molecule has 5 nitrogen and oxygen atoms in total. The highest BCUT2D eigenvalue weighted by Gasteiger charge is 2.42. The van der Waals surface area contributed by atoms with Gasteiger partial charge in [-0.15, -0.1) is 10.2 Å². The van der Waals surface area contributed by atoms with Gasteiger partial charge in [-0.2, -0.15) is 0 Å². The highest BCUT2D eigenvalue weighted by atomic mass is 16.2. The van der Waals surface area contributed by atoms with Gasteiger partial charge in [0.05, 0.1) is 6.04 Å². The van der Waals surface area contributed by atoms with E-state index in [9.17, 15) is 4.79 Å². The molecule has 1 aromatic carbocycles. The highest BCUT2D eigenvalue weighted by molar-refractivity contribution is 5.82. The van der Waals surface area contributed by atoms with Crippen molar-refractivity contribution in [2.24, 2.45) is 0 Å². The fraction of sp³-hybridized carbons (Fsp3) is 0.438. The summed E-state index contributed by atoms with van der Waals surface area (Å²) in [7, 11) is 0. The zero-order valence-electron chi connectivity index (χ0n) is 12.1. The first-order valence-corrected chi connectivity index (χ1v) is 7.54. The van der Waals surface area contributed by atoms with Crippen molar-refractivity contribution < 1.29 is 4.79 Å². The number of amides is 1. The van der Waals surface area contributed by atoms with Gasteiger partial charge < -0.3 is 9.47 Å². The molecule has 5 heteroatoms. The normalized spacial score (nSPS) is 24.0. The second-order valence-electron chi connectivity index (χ2n) is 5.87. The Morgan fingerprint density at radius 2 is 2.05 bits per heavy atom. The van der Waals surface area contributed by atoms with Gasteiger partial charge >= 0.3 is 0 Å². The van der Waals surface area contributed by atoms with Crippen molar-refractivity contribution in [2.75, 3.05) is 6.54 Å². The van der Waals surface area contributed by atoms with E-state index < -0.39 is 0 Å². The average molecular weight is 282 g/mol. The minimum absolute atomic E-state index is 0.130. The number of aromatic nitrogens is 3. The van der Waals surface area contributed by atoms with Crippen LogP contribution < -0.4 is 0 Å². The van der Waals surface area contributed by atoms with Crippen LogP contribution >= 0.6 is 0 Å². The van der Waals surface area contributed by atoms with Crippen molar-refractivity contribution in [1.29, 1.82) is 0 Å². The minimum Gasteiger partial charge on any atom is -0.331 e. The van der Waals surface area contributed by atoms with Crippen LogP contribution in [-0.2, 0) is 11.2 Å². The Morgan fingerprint density at radius 1 is 1.24 bits per heavy atom. The Bertz CT molecular complexity index is 679. The van der Waals surface area contributed by atoms with E-state index in [-0.39, 0.29) is 18.0 Å². The van der Waals surface area contributed by atoms with Crippen molar-refractivity contribution in [3.8, 4) is 0 Å². The molecule has 0 saturated carbocycles. The van der Waals surface area contributed by atoms with Crippen LogP contribution in [0.2, 0.25) is 0 Å². The van der Waals surface area contributed by atoms with Crippen LogP contribution in [0.1, 0.15) is 49.1 Å². The number of carbonyl (C=O) groups excluding carboxylic acids is 1. The molecular formula is C16H18N4O. The van der Waals surface area contributed by atoms with Gasteiger partial charge in [0.2, 0.25) is 5.91 Å². The summed E-state index contributed by atoms with van der Waals surface area (Å²) in [5.41, 5.74) is 1.20. The number of rotatable bonds is 2. The first kappa shape index (κ1) is 12.6. The molecule has 2 atom stereocenters. The molecular weight excluding hydrogens is 264 g/mol. The zero-order valence-corrected chi connectivity index (χ0v) is 12.1. The second kappa shape index (κ2) is 4.69. The lowest BCUT2D eigenvalue weighted by Gasteiger charge is -2.34. The van der Waals surface area contributed by atoms with E-state index in [1.54, 1.807) is 0 Å². The Labute approximate surface area is 123 Å². The fourth-order valence-electron chi connectivity index (χ4n) is 3.53. The lowest BCUT2D eigenvalue weighted by Crippen LogP contribution is -2.42. The number of benzene rings is 1. The molecule has 108 valence electrons. The van der Waals surface area contributed by atoms with E-state index in [0.717, 1.165) is 37.5 Å². The number of fused-ring (bicyclic) bond motifs is 3. The highest BCUT2D eigenvalue weighted by Crippen LogP contribution is 2.38. The molecule has 0 spiro atoms. The van der Waals surface area contributed by atoms with Crippen LogP contribution in [0.15, 0.2) is 30.3 Å². The maximum Gasteiger partial charge on any atom is 0.246 e. The number of carbonyl (C=O) groups is 1. The molecule has 3 heterocycles. The fourth-order valence-corrected chi connectivity index (χ4v) is 3.53. The lowest BCUT2D eigenvalue weighted by atomic mass is 10.1. The molecule has 0 N–H and O–H groups in total. The largest absolute Gasteiger partial charge is 0.331 e. The summed E-state index contributed by atoms with van der Waals surface area (Å²) >= 11 is 0. The van der Waals surface area contributed by atoms with Crippen molar-refractivity contribution in [3.63, 3.8) is 0 Å². The van der Waals surface area contributed by atoms with Crippen molar-refractivity contribution in [3.05, 3.63) is 47.5 Å². The lowest BCUT2D eigenvalue weighted by molar-refractivity contribution is -0.137. The second-order valence-corrected chi connectivity index (χ2v) is 5.87. The third-order valence-electron chi connectivity index (χ3n) is 4.58. The summed E-state index contributed by atoms with van der Waals surface area (Å²) in [4.78, 5) is 14.5. The van der Waals surface area contributed by atoms with Crippen LogP contribution in [0.25, 0.3) is 0 Å². The number of hydrogen-bond donors (Lipinski definition) is 0. The van der Waals surface area contributed by atoms with E-state index in [1.165, 1.54) is 5.56 Å². The van der Waals surface area contributed by atoms with Crippen LogP contribution in [0.3, 0.4) is 0 Å². The maximum absolute atomic E-state index is 12.5. The quantitative estimate of drug-likeness (QED) is 0.847. The number of hydrogen-bond acceptors (Lipinski definition) is 3. The SMILES string of the molecule is C[C@@H]1C(=O)N2CCC[C@H]2c2nnc(Cc3ccccc3)n21. The number of nitrogens with zero attached hydrogens (tertiary/aromatic N) is 4. The van der Waals surface area contributed by atoms with Gasteiger partial charge in [-0.05, 0) is 25.3 Å². The van der Waals surface area contributed by atoms with Gasteiger partial charge in [-0.1, -0.05) is 30.3 Å². The van der Waals surface area contributed by atoms with Gasteiger partial charge in [-0.3, -0.25) is 4.79 Å². The topological polar surface area (TPSA) is 51.0 Å². The molecule has 2 aromatic rings. The summed E-state index contributed by atoms with van der Waals surface area (Å²) < 4.78 is 2.06. The predicted octanol–water partition coefficient (Wildman–Crippen LogP) is 2.11.